The van der Waals surface area contributed by atoms with Crippen molar-refractivity contribution in [2.75, 3.05) is 0 Å². The minimum atomic E-state index is -0.515. The van der Waals surface area contributed by atoms with Gasteiger partial charge in [-0.05, 0) is 90.8 Å². The lowest BCUT2D eigenvalue weighted by Crippen LogP contribution is -2.70. The maximum Gasteiger partial charge on any atom is 0.223 e. The number of hydrogen-bond acceptors (Lipinski definition) is 3. The number of rotatable bonds is 1. The van der Waals surface area contributed by atoms with Crippen LogP contribution in [-0.2, 0) is 14.4 Å². The van der Waals surface area contributed by atoms with Crippen molar-refractivity contribution in [1.82, 2.24) is 0 Å². The summed E-state index contributed by atoms with van der Waals surface area (Å²) in [7, 11) is 0. The number of ketones is 2. The Morgan fingerprint density at radius 1 is 0.824 bits per heavy atom. The highest BCUT2D eigenvalue weighted by Crippen LogP contribution is 2.76. The molecule has 5 fully saturated rings. The first-order chi connectivity index (χ1) is 15.6. The average Bonchev–Trinajstić information content (AvgIpc) is 2.72. The molecule has 1 amide bonds. The Morgan fingerprint density at radius 2 is 1.47 bits per heavy atom. The molecule has 8 atom stereocenters. The molecule has 2 N–H and O–H groups in total. The summed E-state index contributed by atoms with van der Waals surface area (Å²) in [6, 6.07) is 0. The van der Waals surface area contributed by atoms with E-state index in [1.165, 1.54) is 0 Å². The monoisotopic (exact) mass is 469 g/mol. The van der Waals surface area contributed by atoms with Gasteiger partial charge in [0.2, 0.25) is 5.91 Å². The van der Waals surface area contributed by atoms with Crippen LogP contribution in [0.1, 0.15) is 113 Å². The van der Waals surface area contributed by atoms with Crippen LogP contribution in [0.25, 0.3) is 0 Å². The van der Waals surface area contributed by atoms with E-state index < -0.39 is 5.41 Å². The Labute approximate surface area is 206 Å². The first-order valence-electron chi connectivity index (χ1n) is 13.9. The van der Waals surface area contributed by atoms with Crippen molar-refractivity contribution in [3.63, 3.8) is 0 Å². The molecule has 0 spiro atoms. The normalized spacial score (nSPS) is 51.5. The van der Waals surface area contributed by atoms with Gasteiger partial charge in [0.15, 0.2) is 0 Å². The standard InChI is InChI=1S/C30H47NO3/c1-25(2)12-14-30(24(31)34)15-13-29(7)23(18(30)17-25)19(32)16-21-27(5)10-9-22(33)26(3,4)20(27)8-11-28(21,29)6/h18,20-21,23H,8-17H2,1-7H3,(H2,31,34)/t18-,20-,21+,23-,27-,28+,29+,30?/m0/s1. The molecule has 4 nitrogen and oxygen atoms in total. The second kappa shape index (κ2) is 6.97. The Balaban J connectivity index is 1.60. The van der Waals surface area contributed by atoms with Crippen LogP contribution < -0.4 is 5.73 Å². The molecule has 0 bridgehead atoms. The van der Waals surface area contributed by atoms with Gasteiger partial charge < -0.3 is 5.73 Å². The summed E-state index contributed by atoms with van der Waals surface area (Å²) in [6.07, 6.45) is 8.81. The van der Waals surface area contributed by atoms with Crippen LogP contribution in [-0.4, -0.2) is 17.5 Å². The van der Waals surface area contributed by atoms with Crippen LogP contribution >= 0.6 is 0 Å². The van der Waals surface area contributed by atoms with Crippen molar-refractivity contribution in [3.05, 3.63) is 0 Å². The minimum Gasteiger partial charge on any atom is -0.369 e. The summed E-state index contributed by atoms with van der Waals surface area (Å²) in [4.78, 5) is 40.2. The molecular weight excluding hydrogens is 422 g/mol. The smallest absolute Gasteiger partial charge is 0.223 e. The largest absolute Gasteiger partial charge is 0.369 e. The predicted octanol–water partition coefficient (Wildman–Crippen LogP) is 6.10. The zero-order valence-corrected chi connectivity index (χ0v) is 22.7. The molecule has 0 heterocycles. The quantitative estimate of drug-likeness (QED) is 0.504. The van der Waals surface area contributed by atoms with Crippen molar-refractivity contribution in [2.24, 2.45) is 61.9 Å². The number of hydrogen-bond donors (Lipinski definition) is 1. The second-order valence-corrected chi connectivity index (χ2v) is 15.3. The van der Waals surface area contributed by atoms with E-state index in [2.05, 4.69) is 48.5 Å². The third-order valence-corrected chi connectivity index (χ3v) is 13.3. The topological polar surface area (TPSA) is 77.2 Å². The molecule has 0 radical (unpaired) electrons. The number of fused-ring (bicyclic) bond motifs is 7. The summed E-state index contributed by atoms with van der Waals surface area (Å²) >= 11 is 0. The minimum absolute atomic E-state index is 0.0120. The molecule has 5 saturated carbocycles. The van der Waals surface area contributed by atoms with E-state index in [1.54, 1.807) is 0 Å². The van der Waals surface area contributed by atoms with Crippen molar-refractivity contribution in [2.45, 2.75) is 113 Å². The van der Waals surface area contributed by atoms with Crippen LogP contribution in [0.3, 0.4) is 0 Å². The second-order valence-electron chi connectivity index (χ2n) is 15.3. The van der Waals surface area contributed by atoms with Crippen LogP contribution in [0.4, 0.5) is 0 Å². The molecule has 5 aliphatic rings. The van der Waals surface area contributed by atoms with Gasteiger partial charge in [-0.25, -0.2) is 0 Å². The number of carbonyl (C=O) groups excluding carboxylic acids is 3. The molecule has 0 aromatic rings. The van der Waals surface area contributed by atoms with E-state index in [9.17, 15) is 14.4 Å². The van der Waals surface area contributed by atoms with Gasteiger partial charge in [-0.2, -0.15) is 0 Å². The Hall–Kier alpha value is -1.19. The van der Waals surface area contributed by atoms with Gasteiger partial charge in [-0.1, -0.05) is 48.5 Å². The third-order valence-electron chi connectivity index (χ3n) is 13.3. The summed E-state index contributed by atoms with van der Waals surface area (Å²) < 4.78 is 0. The van der Waals surface area contributed by atoms with Gasteiger partial charge in [0.05, 0.1) is 5.41 Å². The Kier molecular flexibility index (Phi) is 5.02. The maximum absolute atomic E-state index is 14.3. The number of primary amides is 1. The van der Waals surface area contributed by atoms with Gasteiger partial charge in [0, 0.05) is 24.2 Å². The zero-order chi connectivity index (χ0) is 25.1. The summed E-state index contributed by atoms with van der Waals surface area (Å²) in [5.74, 6) is 1.25. The van der Waals surface area contributed by atoms with Crippen molar-refractivity contribution >= 4 is 17.5 Å². The highest BCUT2D eigenvalue weighted by Gasteiger charge is 2.72. The Morgan fingerprint density at radius 3 is 2.12 bits per heavy atom. The van der Waals surface area contributed by atoms with Crippen molar-refractivity contribution in [1.29, 1.82) is 0 Å². The molecule has 5 aliphatic carbocycles. The van der Waals surface area contributed by atoms with Crippen molar-refractivity contribution < 1.29 is 14.4 Å². The van der Waals surface area contributed by atoms with Crippen LogP contribution in [0.15, 0.2) is 0 Å². The third kappa shape index (κ3) is 2.80. The molecule has 190 valence electrons. The fraction of sp³-hybridized carbons (Fsp3) is 0.900. The van der Waals surface area contributed by atoms with Gasteiger partial charge in [0.25, 0.3) is 0 Å². The van der Waals surface area contributed by atoms with Crippen molar-refractivity contribution in [3.8, 4) is 0 Å². The van der Waals surface area contributed by atoms with Crippen LogP contribution in [0.2, 0.25) is 0 Å². The highest BCUT2D eigenvalue weighted by atomic mass is 16.1. The molecular formula is C30H47NO3. The number of nitrogens with two attached hydrogens (primary N) is 1. The fourth-order valence-corrected chi connectivity index (χ4v) is 10.9. The van der Waals surface area contributed by atoms with Gasteiger partial charge in [-0.15, -0.1) is 0 Å². The summed E-state index contributed by atoms with van der Waals surface area (Å²) in [5, 5.41) is 0. The van der Waals surface area contributed by atoms with E-state index in [0.717, 1.165) is 51.4 Å². The predicted molar refractivity (Wildman–Crippen MR) is 134 cm³/mol. The van der Waals surface area contributed by atoms with Gasteiger partial charge >= 0.3 is 0 Å². The van der Waals surface area contributed by atoms with Crippen LogP contribution in [0.5, 0.6) is 0 Å². The molecule has 1 unspecified atom stereocenters. The lowest BCUT2D eigenvalue weighted by Gasteiger charge is -2.72. The van der Waals surface area contributed by atoms with Crippen LogP contribution in [0, 0.1) is 56.2 Å². The lowest BCUT2D eigenvalue weighted by atomic mass is 9.31. The summed E-state index contributed by atoms with van der Waals surface area (Å²) in [5.41, 5.74) is 5.39. The first kappa shape index (κ1) is 24.5. The van der Waals surface area contributed by atoms with Gasteiger partial charge in [0.1, 0.15) is 11.6 Å². The number of amides is 1. The first-order valence-corrected chi connectivity index (χ1v) is 13.9. The number of carbonyl (C=O) groups is 3. The number of Topliss-reactive ketones (excluding diaryl/α,β-unsaturated/α-hetero) is 2. The SMILES string of the molecule is CC1(C)CCC2(C(N)=O)CC[C@]3(C)[C@H](C(=O)C[C@@H]4[C@@]5(C)CCC(=O)C(C)(C)[C@@H]5CC[C@]43C)[C@@H]2C1. The zero-order valence-electron chi connectivity index (χ0n) is 22.7. The molecule has 0 aromatic carbocycles. The fourth-order valence-electron chi connectivity index (χ4n) is 10.9. The molecule has 0 aromatic heterocycles. The highest BCUT2D eigenvalue weighted by molar-refractivity contribution is 5.88. The Bertz CT molecular complexity index is 951. The average molecular weight is 470 g/mol. The molecule has 0 aliphatic heterocycles. The molecule has 0 saturated heterocycles. The molecule has 5 rings (SSSR count). The van der Waals surface area contributed by atoms with Gasteiger partial charge in [-0.3, -0.25) is 14.4 Å². The van der Waals surface area contributed by atoms with E-state index in [-0.39, 0.29) is 44.8 Å². The van der Waals surface area contributed by atoms with E-state index in [4.69, 9.17) is 5.73 Å². The maximum atomic E-state index is 14.3. The summed E-state index contributed by atoms with van der Waals surface area (Å²) in [6.45, 7) is 16.2. The van der Waals surface area contributed by atoms with E-state index >= 15 is 0 Å². The van der Waals surface area contributed by atoms with E-state index in [0.29, 0.717) is 36.2 Å². The lowest BCUT2D eigenvalue weighted by molar-refractivity contribution is -0.232. The van der Waals surface area contributed by atoms with E-state index in [1.807, 2.05) is 0 Å². The molecule has 34 heavy (non-hydrogen) atoms. The molecule has 4 heteroatoms.